The molecule has 3 saturated heterocycles. The summed E-state index contributed by atoms with van der Waals surface area (Å²) in [5.41, 5.74) is 0.373. The molecule has 3 heterocycles. The highest BCUT2D eigenvalue weighted by atomic mass is 32.1. The summed E-state index contributed by atoms with van der Waals surface area (Å²) in [7, 11) is 0. The molecule has 59 heavy (non-hydrogen) atoms. The molecule has 0 radical (unpaired) electrons. The number of nitrogens with one attached hydrogen (secondary N) is 1. The molecule has 3 aliphatic rings. The summed E-state index contributed by atoms with van der Waals surface area (Å²) < 4.78 is 47.7. The molecular weight excluding hydrogens is 782 g/mol. The van der Waals surface area contributed by atoms with Crippen LogP contribution in [0.1, 0.15) is 75.3 Å². The van der Waals surface area contributed by atoms with Crippen molar-refractivity contribution >= 4 is 52.2 Å². The van der Waals surface area contributed by atoms with Gasteiger partial charge in [0.05, 0.1) is 29.4 Å². The normalized spacial score (nSPS) is 21.4. The molecule has 3 aromatic carbocycles. The number of hydrogen-bond acceptors (Lipinski definition) is 9. The number of nitriles is 1. The molecule has 312 valence electrons. The number of hydrogen-bond donors (Lipinski definition) is 1. The number of piperidine rings is 1. The number of ether oxygens (including phenoxy) is 1. The number of thiocarbonyl (C=S) groups is 1. The average molecular weight is 831 g/mol. The number of halogens is 3. The zero-order valence-corrected chi connectivity index (χ0v) is 34.7. The van der Waals surface area contributed by atoms with Gasteiger partial charge in [0.15, 0.2) is 10.9 Å². The van der Waals surface area contributed by atoms with Gasteiger partial charge < -0.3 is 9.64 Å². The van der Waals surface area contributed by atoms with Crippen LogP contribution in [0.4, 0.5) is 24.5 Å². The van der Waals surface area contributed by atoms with Crippen molar-refractivity contribution in [3.05, 3.63) is 88.5 Å². The van der Waals surface area contributed by atoms with Crippen LogP contribution in [0.3, 0.4) is 0 Å². The van der Waals surface area contributed by atoms with Crippen molar-refractivity contribution in [2.24, 2.45) is 5.92 Å². The number of ketones is 1. The number of amides is 3. The van der Waals surface area contributed by atoms with Crippen LogP contribution in [0.2, 0.25) is 0 Å². The lowest BCUT2D eigenvalue weighted by molar-refractivity contribution is -0.138. The second-order valence-corrected chi connectivity index (χ2v) is 16.5. The van der Waals surface area contributed by atoms with Crippen molar-refractivity contribution in [3.63, 3.8) is 0 Å². The lowest BCUT2D eigenvalue weighted by atomic mass is 9.90. The highest BCUT2D eigenvalue weighted by Crippen LogP contribution is 2.40. The molecule has 0 bridgehead atoms. The highest BCUT2D eigenvalue weighted by Gasteiger charge is 2.51. The average Bonchev–Trinajstić information content (AvgIpc) is 3.35. The predicted molar refractivity (Wildman–Crippen MR) is 221 cm³/mol. The van der Waals surface area contributed by atoms with Crippen molar-refractivity contribution in [1.82, 2.24) is 15.1 Å². The molecule has 3 aromatic rings. The van der Waals surface area contributed by atoms with Gasteiger partial charge in [-0.15, -0.1) is 0 Å². The number of anilines is 2. The summed E-state index contributed by atoms with van der Waals surface area (Å²) in [5, 5.41) is 11.7. The molecule has 0 aromatic heterocycles. The van der Waals surface area contributed by atoms with Gasteiger partial charge in [-0.05, 0) is 112 Å². The monoisotopic (exact) mass is 830 g/mol. The molecule has 11 nitrogen and oxygen atoms in total. The van der Waals surface area contributed by atoms with E-state index in [2.05, 4.69) is 29.0 Å². The fourth-order valence-corrected chi connectivity index (χ4v) is 8.92. The zero-order valence-electron chi connectivity index (χ0n) is 33.9. The number of alkyl halides is 3. The minimum absolute atomic E-state index is 0.0221. The van der Waals surface area contributed by atoms with Crippen LogP contribution in [0.25, 0.3) is 0 Å². The summed E-state index contributed by atoms with van der Waals surface area (Å²) in [6.07, 6.45) is -2.50. The topological polar surface area (TPSA) is 126 Å². The fraction of sp³-hybridized carbons (Fsp3) is 0.455. The van der Waals surface area contributed by atoms with Gasteiger partial charge in [0, 0.05) is 56.2 Å². The smallest absolute Gasteiger partial charge is 0.417 e. The highest BCUT2D eigenvalue weighted by molar-refractivity contribution is 7.81. The molecule has 3 amide bonds. The molecule has 15 heteroatoms. The number of nitrogens with zero attached hydrogens (tertiary/aromatic N) is 5. The van der Waals surface area contributed by atoms with Crippen molar-refractivity contribution in [1.29, 1.82) is 5.26 Å². The Bertz CT molecular complexity index is 2180. The van der Waals surface area contributed by atoms with Crippen LogP contribution in [0.15, 0.2) is 60.7 Å². The summed E-state index contributed by atoms with van der Waals surface area (Å²) in [6, 6.07) is 18.2. The van der Waals surface area contributed by atoms with Gasteiger partial charge in [0.1, 0.15) is 17.9 Å². The maximum absolute atomic E-state index is 13.8. The second kappa shape index (κ2) is 17.6. The third-order valence-corrected chi connectivity index (χ3v) is 11.8. The maximum atomic E-state index is 13.8. The summed E-state index contributed by atoms with van der Waals surface area (Å²) >= 11 is 5.73. The zero-order chi connectivity index (χ0) is 42.8. The van der Waals surface area contributed by atoms with E-state index >= 15 is 0 Å². The Kier molecular flexibility index (Phi) is 12.9. The van der Waals surface area contributed by atoms with E-state index in [1.165, 1.54) is 6.07 Å². The van der Waals surface area contributed by atoms with Crippen LogP contribution in [-0.2, 0) is 44.6 Å². The van der Waals surface area contributed by atoms with E-state index in [9.17, 15) is 37.6 Å². The lowest BCUT2D eigenvalue weighted by Gasteiger charge is -2.44. The van der Waals surface area contributed by atoms with Crippen LogP contribution in [0, 0.1) is 17.2 Å². The Hall–Kier alpha value is -5.17. The van der Waals surface area contributed by atoms with E-state index in [1.807, 2.05) is 43.3 Å². The van der Waals surface area contributed by atoms with Gasteiger partial charge in [0.2, 0.25) is 11.8 Å². The van der Waals surface area contributed by atoms with Crippen LogP contribution in [0.5, 0.6) is 5.75 Å². The molecule has 3 fully saturated rings. The predicted octanol–water partition coefficient (Wildman–Crippen LogP) is 6.24. The van der Waals surface area contributed by atoms with Crippen molar-refractivity contribution in [2.45, 2.75) is 90.5 Å². The van der Waals surface area contributed by atoms with Crippen molar-refractivity contribution in [3.8, 4) is 11.8 Å². The molecule has 0 aliphatic carbocycles. The second-order valence-electron chi connectivity index (χ2n) is 16.2. The molecule has 3 aliphatic heterocycles. The molecular formula is C44H49F3N6O5S. The minimum Gasteiger partial charge on any atom is -0.492 e. The molecule has 0 unspecified atom stereocenters. The maximum Gasteiger partial charge on any atom is 0.417 e. The van der Waals surface area contributed by atoms with Crippen LogP contribution >= 0.6 is 12.2 Å². The first-order valence-electron chi connectivity index (χ1n) is 19.9. The van der Waals surface area contributed by atoms with Crippen molar-refractivity contribution in [2.75, 3.05) is 42.6 Å². The number of imide groups is 1. The largest absolute Gasteiger partial charge is 0.492 e. The first-order valence-corrected chi connectivity index (χ1v) is 20.3. The van der Waals surface area contributed by atoms with Crippen LogP contribution < -0.4 is 19.9 Å². The van der Waals surface area contributed by atoms with Gasteiger partial charge in [-0.3, -0.25) is 39.2 Å². The Morgan fingerprint density at radius 1 is 1.00 bits per heavy atom. The summed E-state index contributed by atoms with van der Waals surface area (Å²) in [4.78, 5) is 58.1. The number of benzene rings is 3. The SMILES string of the molecule is CCc1cc(N2C(=S)N(c3ccc(C#N)c(C(F)(F)F)c3)C(=O)C2(C)C)ccc1OCCN1C[C@@H](C)N(CC(=O)Cc2cccc(C[C@H]3CCC(=O)NC3=O)c2)[C@@H](C)C1. The number of Topliss-reactive ketones (excluding diaryl/α,β-unsaturated/α-hetero) is 1. The number of rotatable bonds is 13. The van der Waals surface area contributed by atoms with Gasteiger partial charge >= 0.3 is 6.18 Å². The quantitative estimate of drug-likeness (QED) is 0.157. The molecule has 6 rings (SSSR count). The first kappa shape index (κ1) is 43.4. The number of carbonyl (C=O) groups is 4. The number of piperazine rings is 1. The lowest BCUT2D eigenvalue weighted by Crippen LogP contribution is -2.58. The summed E-state index contributed by atoms with van der Waals surface area (Å²) in [6.45, 7) is 12.5. The molecule has 3 atom stereocenters. The van der Waals surface area contributed by atoms with Gasteiger partial charge in [-0.2, -0.15) is 18.4 Å². The molecule has 0 spiro atoms. The fourth-order valence-electron chi connectivity index (χ4n) is 8.40. The standard InChI is InChI=1S/C44H49F3N6O5S/c1-6-31-21-35(53-42(59)52(41(57)43(53,4)5)34-12-10-33(23-48)37(22-34)44(45,46)47)13-14-38(31)58-17-16-50-24-27(2)51(28(3)25-50)26-36(54)20-30-9-7-8-29(18-30)19-32-11-15-39(55)49-40(32)56/h7-10,12-14,18,21-22,27-28,32H,6,11,15-17,19-20,24-26H2,1-5H3,(H,49,55,56)/t27-,28+,32-/m1/s1. The molecule has 1 N–H and O–H groups in total. The first-order chi connectivity index (χ1) is 27.9. The van der Waals surface area contributed by atoms with E-state index < -0.39 is 28.7 Å². The van der Waals surface area contributed by atoms with Gasteiger partial charge in [-0.25, -0.2) is 0 Å². The Morgan fingerprint density at radius 2 is 1.69 bits per heavy atom. The van der Waals surface area contributed by atoms with Gasteiger partial charge in [-0.1, -0.05) is 31.2 Å². The summed E-state index contributed by atoms with van der Waals surface area (Å²) in [5.74, 6) is -0.427. The van der Waals surface area contributed by atoms with Gasteiger partial charge in [0.25, 0.3) is 5.91 Å². The Morgan fingerprint density at radius 3 is 2.36 bits per heavy atom. The molecule has 0 saturated carbocycles. The minimum atomic E-state index is -4.79. The number of carbonyl (C=O) groups excluding carboxylic acids is 4. The third-order valence-electron chi connectivity index (χ3n) is 11.5. The van der Waals surface area contributed by atoms with E-state index in [1.54, 1.807) is 30.9 Å². The van der Waals surface area contributed by atoms with E-state index in [-0.39, 0.29) is 46.4 Å². The van der Waals surface area contributed by atoms with E-state index in [0.717, 1.165) is 46.8 Å². The van der Waals surface area contributed by atoms with Crippen LogP contribution in [-0.4, -0.2) is 88.8 Å². The number of aryl methyl sites for hydroxylation is 1. The third kappa shape index (κ3) is 9.51. The van der Waals surface area contributed by atoms with E-state index in [0.29, 0.717) is 63.2 Å². The Labute approximate surface area is 348 Å². The Balaban J connectivity index is 1.03. The van der Waals surface area contributed by atoms with Crippen molar-refractivity contribution < 1.29 is 37.1 Å². The van der Waals surface area contributed by atoms with E-state index in [4.69, 9.17) is 17.0 Å².